The van der Waals surface area contributed by atoms with Crippen molar-refractivity contribution in [3.05, 3.63) is 60.2 Å². The molecule has 0 radical (unpaired) electrons. The van der Waals surface area contributed by atoms with E-state index < -0.39 is 0 Å². The average molecular weight is 360 g/mol. The third-order valence-corrected chi connectivity index (χ3v) is 4.40. The molecular weight excluding hydrogens is 340 g/mol. The zero-order valence-corrected chi connectivity index (χ0v) is 15.2. The van der Waals surface area contributed by atoms with Gasteiger partial charge < -0.3 is 15.8 Å². The summed E-state index contributed by atoms with van der Waals surface area (Å²) in [5, 5.41) is 8.45. The lowest BCUT2D eigenvalue weighted by molar-refractivity contribution is 0.415. The molecule has 4 aromatic rings. The number of hydrogen-bond acceptors (Lipinski definition) is 6. The largest absolute Gasteiger partial charge is 0.497 e. The molecule has 136 valence electrons. The second kappa shape index (κ2) is 6.95. The smallest absolute Gasteiger partial charge is 0.225 e. The minimum Gasteiger partial charge on any atom is -0.497 e. The first-order valence-electron chi connectivity index (χ1n) is 8.58. The van der Waals surface area contributed by atoms with Gasteiger partial charge in [-0.25, -0.2) is 4.98 Å². The Bertz CT molecular complexity index is 1070. The van der Waals surface area contributed by atoms with E-state index in [1.165, 1.54) is 0 Å². The lowest BCUT2D eigenvalue weighted by Gasteiger charge is -2.09. The molecular formula is C20H20N6O. The number of anilines is 2. The standard InChI is InChI=1S/C20H20N6O/c1-26-18(21)16-17(14-8-10-15(27-2)11-9-14)23-20(24-19(16)25-26)22-12-13-6-4-3-5-7-13/h3-11H,12,21H2,1-2H3,(H,22,24,25). The number of aromatic nitrogens is 4. The van der Waals surface area contributed by atoms with E-state index in [-0.39, 0.29) is 0 Å². The van der Waals surface area contributed by atoms with Gasteiger partial charge in [0.1, 0.15) is 11.6 Å². The predicted molar refractivity (Wildman–Crippen MR) is 106 cm³/mol. The van der Waals surface area contributed by atoms with Gasteiger partial charge in [0.25, 0.3) is 0 Å². The minimum absolute atomic E-state index is 0.510. The van der Waals surface area contributed by atoms with Crippen molar-refractivity contribution in [1.82, 2.24) is 19.7 Å². The van der Waals surface area contributed by atoms with Gasteiger partial charge in [-0.3, -0.25) is 4.68 Å². The van der Waals surface area contributed by atoms with E-state index in [4.69, 9.17) is 15.5 Å². The molecule has 2 aromatic heterocycles. The summed E-state index contributed by atoms with van der Waals surface area (Å²) < 4.78 is 6.86. The fourth-order valence-electron chi connectivity index (χ4n) is 2.93. The Kier molecular flexibility index (Phi) is 4.33. The number of nitrogens with zero attached hydrogens (tertiary/aromatic N) is 4. The van der Waals surface area contributed by atoms with E-state index in [9.17, 15) is 0 Å². The third kappa shape index (κ3) is 3.27. The fourth-order valence-corrected chi connectivity index (χ4v) is 2.93. The van der Waals surface area contributed by atoms with Gasteiger partial charge in [-0.2, -0.15) is 10.1 Å². The molecule has 3 N–H and O–H groups in total. The van der Waals surface area contributed by atoms with Crippen LogP contribution in [0.3, 0.4) is 0 Å². The number of hydrogen-bond donors (Lipinski definition) is 2. The maximum atomic E-state index is 6.22. The molecule has 0 fully saturated rings. The van der Waals surface area contributed by atoms with E-state index in [1.807, 2.05) is 42.5 Å². The highest BCUT2D eigenvalue weighted by Gasteiger charge is 2.17. The van der Waals surface area contributed by atoms with Crippen LogP contribution in [-0.2, 0) is 13.6 Å². The van der Waals surface area contributed by atoms with Crippen LogP contribution in [-0.4, -0.2) is 26.9 Å². The van der Waals surface area contributed by atoms with Crippen LogP contribution in [0, 0.1) is 0 Å². The number of benzene rings is 2. The number of nitrogens with one attached hydrogen (secondary N) is 1. The Balaban J connectivity index is 1.77. The number of nitrogens with two attached hydrogens (primary N) is 1. The van der Waals surface area contributed by atoms with Crippen molar-refractivity contribution in [2.75, 3.05) is 18.2 Å². The normalized spacial score (nSPS) is 10.9. The predicted octanol–water partition coefficient (Wildman–Crippen LogP) is 3.23. The summed E-state index contributed by atoms with van der Waals surface area (Å²) in [6.07, 6.45) is 0. The van der Waals surface area contributed by atoms with Gasteiger partial charge >= 0.3 is 0 Å². The summed E-state index contributed by atoms with van der Waals surface area (Å²) in [5.74, 6) is 1.83. The van der Waals surface area contributed by atoms with Crippen molar-refractivity contribution in [3.8, 4) is 17.0 Å². The summed E-state index contributed by atoms with van der Waals surface area (Å²) in [6, 6.07) is 17.8. The summed E-state index contributed by atoms with van der Waals surface area (Å²) in [6.45, 7) is 0.622. The maximum absolute atomic E-state index is 6.22. The van der Waals surface area contributed by atoms with Crippen LogP contribution in [0.4, 0.5) is 11.8 Å². The van der Waals surface area contributed by atoms with Crippen LogP contribution in [0.15, 0.2) is 54.6 Å². The molecule has 0 unspecified atom stereocenters. The topological polar surface area (TPSA) is 90.9 Å². The van der Waals surface area contributed by atoms with E-state index in [1.54, 1.807) is 18.8 Å². The first-order chi connectivity index (χ1) is 13.2. The number of rotatable bonds is 5. The summed E-state index contributed by atoms with van der Waals surface area (Å²) >= 11 is 0. The zero-order valence-electron chi connectivity index (χ0n) is 15.2. The van der Waals surface area contributed by atoms with Crippen LogP contribution < -0.4 is 15.8 Å². The van der Waals surface area contributed by atoms with Crippen LogP contribution in [0.5, 0.6) is 5.75 Å². The van der Waals surface area contributed by atoms with Crippen molar-refractivity contribution in [3.63, 3.8) is 0 Å². The molecule has 0 saturated carbocycles. The van der Waals surface area contributed by atoms with Crippen LogP contribution in [0.1, 0.15) is 5.56 Å². The summed E-state index contributed by atoms with van der Waals surface area (Å²) in [4.78, 5) is 9.25. The Hall–Kier alpha value is -3.61. The molecule has 0 bridgehead atoms. The molecule has 2 aromatic carbocycles. The first kappa shape index (κ1) is 16.8. The summed E-state index contributed by atoms with van der Waals surface area (Å²) in [7, 11) is 3.44. The monoisotopic (exact) mass is 360 g/mol. The molecule has 0 aliphatic rings. The van der Waals surface area contributed by atoms with E-state index in [0.29, 0.717) is 24.0 Å². The molecule has 0 saturated heterocycles. The van der Waals surface area contributed by atoms with E-state index in [2.05, 4.69) is 27.5 Å². The van der Waals surface area contributed by atoms with Crippen molar-refractivity contribution in [1.29, 1.82) is 0 Å². The first-order valence-corrected chi connectivity index (χ1v) is 8.58. The number of aryl methyl sites for hydroxylation is 1. The molecule has 0 aliphatic heterocycles. The molecule has 0 spiro atoms. The highest BCUT2D eigenvalue weighted by molar-refractivity contribution is 5.98. The number of fused-ring (bicyclic) bond motifs is 1. The molecule has 0 aliphatic carbocycles. The molecule has 0 atom stereocenters. The van der Waals surface area contributed by atoms with Gasteiger partial charge in [-0.05, 0) is 29.8 Å². The second-order valence-corrected chi connectivity index (χ2v) is 6.17. The highest BCUT2D eigenvalue weighted by atomic mass is 16.5. The number of nitrogen functional groups attached to an aromatic ring is 1. The molecule has 7 nitrogen and oxygen atoms in total. The summed E-state index contributed by atoms with van der Waals surface area (Å²) in [5.41, 5.74) is 9.59. The average Bonchev–Trinajstić information content (AvgIpc) is 3.00. The quantitative estimate of drug-likeness (QED) is 0.568. The third-order valence-electron chi connectivity index (χ3n) is 4.40. The Morgan fingerprint density at radius 3 is 2.48 bits per heavy atom. The lowest BCUT2D eigenvalue weighted by Crippen LogP contribution is -2.05. The molecule has 7 heteroatoms. The van der Waals surface area contributed by atoms with Crippen molar-refractivity contribution in [2.45, 2.75) is 6.54 Å². The van der Waals surface area contributed by atoms with Gasteiger partial charge in [-0.15, -0.1) is 0 Å². The van der Waals surface area contributed by atoms with Crippen LogP contribution >= 0.6 is 0 Å². The van der Waals surface area contributed by atoms with Gasteiger partial charge in [0.2, 0.25) is 5.95 Å². The number of ether oxygens (including phenoxy) is 1. The van der Waals surface area contributed by atoms with Gasteiger partial charge in [0, 0.05) is 19.2 Å². The van der Waals surface area contributed by atoms with Gasteiger partial charge in [-0.1, -0.05) is 30.3 Å². The SMILES string of the molecule is COc1ccc(-c2nc(NCc3ccccc3)nc3nn(C)c(N)c23)cc1. The van der Waals surface area contributed by atoms with Crippen molar-refractivity contribution < 1.29 is 4.74 Å². The van der Waals surface area contributed by atoms with Gasteiger partial charge in [0.15, 0.2) is 5.65 Å². The fraction of sp³-hybridized carbons (Fsp3) is 0.150. The maximum Gasteiger partial charge on any atom is 0.225 e. The van der Waals surface area contributed by atoms with Gasteiger partial charge in [0.05, 0.1) is 18.2 Å². The van der Waals surface area contributed by atoms with Crippen LogP contribution in [0.2, 0.25) is 0 Å². The Labute approximate surface area is 156 Å². The van der Waals surface area contributed by atoms with Crippen molar-refractivity contribution in [2.24, 2.45) is 7.05 Å². The van der Waals surface area contributed by atoms with Crippen molar-refractivity contribution >= 4 is 22.8 Å². The highest BCUT2D eigenvalue weighted by Crippen LogP contribution is 2.31. The molecule has 0 amide bonds. The second-order valence-electron chi connectivity index (χ2n) is 6.17. The minimum atomic E-state index is 0.510. The Morgan fingerprint density at radius 2 is 1.78 bits per heavy atom. The lowest BCUT2D eigenvalue weighted by atomic mass is 10.1. The molecule has 4 rings (SSSR count). The van der Waals surface area contributed by atoms with E-state index in [0.717, 1.165) is 28.0 Å². The zero-order chi connectivity index (χ0) is 18.8. The van der Waals surface area contributed by atoms with E-state index >= 15 is 0 Å². The van der Waals surface area contributed by atoms with Crippen LogP contribution in [0.25, 0.3) is 22.3 Å². The Morgan fingerprint density at radius 1 is 1.04 bits per heavy atom. The number of methoxy groups -OCH3 is 1. The molecule has 27 heavy (non-hydrogen) atoms. The molecule has 2 heterocycles.